The highest BCUT2D eigenvalue weighted by Crippen LogP contribution is 2.48. The molecule has 2 aromatic heterocycles. The summed E-state index contributed by atoms with van der Waals surface area (Å²) >= 11 is 0. The molecule has 0 radical (unpaired) electrons. The van der Waals surface area contributed by atoms with E-state index in [1.165, 1.54) is 0 Å². The van der Waals surface area contributed by atoms with Crippen LogP contribution in [-0.4, -0.2) is 47.9 Å². The van der Waals surface area contributed by atoms with E-state index in [1.54, 1.807) is 27.3 Å². The minimum Gasteiger partial charge on any atom is -0.497 e. The first kappa shape index (κ1) is 30.4. The third-order valence-electron chi connectivity index (χ3n) is 7.18. The molecule has 0 saturated carbocycles. The highest BCUT2D eigenvalue weighted by atomic mass is 31.2. The van der Waals surface area contributed by atoms with E-state index in [1.807, 2.05) is 65.2 Å². The summed E-state index contributed by atoms with van der Waals surface area (Å²) in [6.07, 6.45) is 2.00. The van der Waals surface area contributed by atoms with E-state index in [0.717, 1.165) is 33.7 Å². The van der Waals surface area contributed by atoms with Gasteiger partial charge in [0.2, 0.25) is 0 Å². The van der Waals surface area contributed by atoms with Crippen molar-refractivity contribution in [3.63, 3.8) is 0 Å². The van der Waals surface area contributed by atoms with Crippen LogP contribution in [0.15, 0.2) is 103 Å². The quantitative estimate of drug-likeness (QED) is 0.0786. The van der Waals surface area contributed by atoms with E-state index in [-0.39, 0.29) is 6.35 Å². The maximum atomic E-state index is 12.7. The molecule has 224 valence electrons. The molecule has 0 aliphatic heterocycles. The van der Waals surface area contributed by atoms with Crippen LogP contribution >= 0.6 is 7.60 Å². The number of rotatable bonds is 15. The van der Waals surface area contributed by atoms with Gasteiger partial charge in [0.15, 0.2) is 5.82 Å². The van der Waals surface area contributed by atoms with E-state index in [0.29, 0.717) is 32.1 Å². The highest BCUT2D eigenvalue weighted by molar-refractivity contribution is 7.53. The van der Waals surface area contributed by atoms with Gasteiger partial charge in [0.1, 0.15) is 29.5 Å². The Labute approximate surface area is 252 Å². The van der Waals surface area contributed by atoms with Crippen LogP contribution in [0.3, 0.4) is 0 Å². The Morgan fingerprint density at radius 2 is 1.42 bits per heavy atom. The number of anilines is 1. The van der Waals surface area contributed by atoms with E-state index in [4.69, 9.17) is 23.5 Å². The van der Waals surface area contributed by atoms with Gasteiger partial charge in [0.05, 0.1) is 26.9 Å². The topological polar surface area (TPSA) is 96.2 Å². The van der Waals surface area contributed by atoms with Crippen LogP contribution in [0.25, 0.3) is 5.52 Å². The number of hydrogen-bond acceptors (Lipinski definition) is 8. The molecule has 1 N–H and O–H groups in total. The molecule has 0 bridgehead atoms. The Balaban J connectivity index is 1.50. The first-order valence-corrected chi connectivity index (χ1v) is 16.1. The summed E-state index contributed by atoms with van der Waals surface area (Å²) in [4.78, 5) is 4.72. The summed E-state index contributed by atoms with van der Waals surface area (Å²) in [6.45, 7) is 4.47. The maximum Gasteiger partial charge on any atom is 0.356 e. The van der Waals surface area contributed by atoms with E-state index < -0.39 is 13.1 Å². The average Bonchev–Trinajstić information content (AvgIpc) is 3.47. The molecule has 9 nitrogen and oxygen atoms in total. The van der Waals surface area contributed by atoms with Crippen molar-refractivity contribution in [2.24, 2.45) is 0 Å². The second kappa shape index (κ2) is 14.0. The zero-order valence-corrected chi connectivity index (χ0v) is 25.6. The number of ether oxygens (including phenoxy) is 2. The van der Waals surface area contributed by atoms with Crippen molar-refractivity contribution in [3.8, 4) is 5.75 Å². The largest absolute Gasteiger partial charge is 0.497 e. The van der Waals surface area contributed by atoms with Gasteiger partial charge in [-0.25, -0.2) is 9.50 Å². The predicted octanol–water partition coefficient (Wildman–Crippen LogP) is 6.92. The van der Waals surface area contributed by atoms with Crippen molar-refractivity contribution in [2.75, 3.05) is 38.6 Å². The third kappa shape index (κ3) is 6.65. The van der Waals surface area contributed by atoms with Gasteiger partial charge >= 0.3 is 7.60 Å². The van der Waals surface area contributed by atoms with Crippen molar-refractivity contribution >= 4 is 18.9 Å². The molecule has 0 unspecified atom stereocenters. The van der Waals surface area contributed by atoms with Crippen LogP contribution in [-0.2, 0) is 30.3 Å². The van der Waals surface area contributed by atoms with Crippen LogP contribution in [0.4, 0.5) is 5.82 Å². The molecule has 10 heteroatoms. The summed E-state index contributed by atoms with van der Waals surface area (Å²) in [5, 5.41) is 8.38. The molecule has 0 amide bonds. The Kier molecular flexibility index (Phi) is 9.89. The summed E-state index contributed by atoms with van der Waals surface area (Å²) < 4.78 is 36.5. The fourth-order valence-corrected chi connectivity index (χ4v) is 6.61. The van der Waals surface area contributed by atoms with Gasteiger partial charge in [0.25, 0.3) is 0 Å². The molecule has 0 aliphatic carbocycles. The number of methoxy groups -OCH3 is 1. The summed E-state index contributed by atoms with van der Waals surface area (Å²) in [5.74, 6) is 1.45. The molecule has 0 fully saturated rings. The number of hydrogen-bond donors (Lipinski definition) is 1. The zero-order valence-electron chi connectivity index (χ0n) is 24.7. The van der Waals surface area contributed by atoms with E-state index in [9.17, 15) is 4.57 Å². The lowest BCUT2D eigenvalue weighted by molar-refractivity contribution is 0.133. The number of nitrogens with zero attached hydrogens (tertiary/aromatic N) is 3. The van der Waals surface area contributed by atoms with Crippen molar-refractivity contribution in [3.05, 3.63) is 126 Å². The van der Waals surface area contributed by atoms with Crippen LogP contribution in [0.2, 0.25) is 0 Å². The minimum absolute atomic E-state index is 0.0989. The number of aromatic nitrogens is 3. The molecule has 0 saturated heterocycles. The standard InChI is InChI=1S/C33H37N4O5P/c1-4-41-43(38,42-5-2)25-40-23-22-29-18-21-31-32(34-24-35-37(29)31)36-33(26-12-8-6-9-13-26,27-14-10-7-11-15-27)28-16-19-30(39-3)20-17-28/h6-21,24H,4-5,22-23,25H2,1-3H3,(H,34,35,36). The van der Waals surface area contributed by atoms with Crippen LogP contribution in [0.5, 0.6) is 5.75 Å². The molecule has 0 spiro atoms. The van der Waals surface area contributed by atoms with Gasteiger partial charge in [-0.2, -0.15) is 5.10 Å². The molecular formula is C33H37N4O5P. The molecule has 5 aromatic rings. The van der Waals surface area contributed by atoms with Gasteiger partial charge in [-0.05, 0) is 54.8 Å². The van der Waals surface area contributed by atoms with Crippen molar-refractivity contribution in [1.29, 1.82) is 0 Å². The lowest BCUT2D eigenvalue weighted by Crippen LogP contribution is -2.38. The van der Waals surface area contributed by atoms with Crippen molar-refractivity contribution < 1.29 is 23.1 Å². The van der Waals surface area contributed by atoms with Gasteiger partial charge in [-0.15, -0.1) is 0 Å². The molecular weight excluding hydrogens is 563 g/mol. The molecule has 3 aromatic carbocycles. The normalized spacial score (nSPS) is 12.0. The molecule has 2 heterocycles. The summed E-state index contributed by atoms with van der Waals surface area (Å²) in [7, 11) is -1.61. The van der Waals surface area contributed by atoms with Gasteiger partial charge in [0, 0.05) is 12.1 Å². The van der Waals surface area contributed by atoms with Gasteiger partial charge in [-0.1, -0.05) is 72.8 Å². The van der Waals surface area contributed by atoms with E-state index >= 15 is 0 Å². The summed E-state index contributed by atoms with van der Waals surface area (Å²) in [6, 6.07) is 32.8. The van der Waals surface area contributed by atoms with Crippen LogP contribution < -0.4 is 10.1 Å². The molecule has 0 aliphatic rings. The maximum absolute atomic E-state index is 12.7. The SMILES string of the molecule is CCOP(=O)(COCCc1ccc2c(NC(c3ccccc3)(c3ccccc3)c3ccc(OC)cc3)ncnn12)OCC. The average molecular weight is 601 g/mol. The number of benzene rings is 3. The van der Waals surface area contributed by atoms with Crippen molar-refractivity contribution in [1.82, 2.24) is 14.6 Å². The third-order valence-corrected chi connectivity index (χ3v) is 8.98. The van der Waals surface area contributed by atoms with Gasteiger partial charge < -0.3 is 23.8 Å². The molecule has 5 rings (SSSR count). The second-order valence-electron chi connectivity index (χ2n) is 9.80. The molecule has 0 atom stereocenters. The fourth-order valence-electron chi connectivity index (χ4n) is 5.24. The Morgan fingerprint density at radius 3 is 2.00 bits per heavy atom. The Bertz CT molecular complexity index is 1600. The smallest absolute Gasteiger partial charge is 0.356 e. The first-order valence-electron chi connectivity index (χ1n) is 14.3. The zero-order chi connectivity index (χ0) is 30.1. The van der Waals surface area contributed by atoms with E-state index in [2.05, 4.69) is 46.8 Å². The van der Waals surface area contributed by atoms with Crippen LogP contribution in [0, 0.1) is 0 Å². The summed E-state index contributed by atoms with van der Waals surface area (Å²) in [5.41, 5.74) is 4.09. The fraction of sp³-hybridized carbons (Fsp3) is 0.273. The minimum atomic E-state index is -3.27. The van der Waals surface area contributed by atoms with Crippen LogP contribution in [0.1, 0.15) is 36.2 Å². The lowest BCUT2D eigenvalue weighted by Gasteiger charge is -2.37. The molecule has 43 heavy (non-hydrogen) atoms. The number of fused-ring (bicyclic) bond motifs is 1. The predicted molar refractivity (Wildman–Crippen MR) is 168 cm³/mol. The lowest BCUT2D eigenvalue weighted by atomic mass is 9.77. The Hall–Kier alpha value is -4.01. The van der Waals surface area contributed by atoms with Gasteiger partial charge in [-0.3, -0.25) is 4.57 Å². The monoisotopic (exact) mass is 600 g/mol. The first-order chi connectivity index (χ1) is 21.0. The number of nitrogens with one attached hydrogen (secondary N) is 1. The van der Waals surface area contributed by atoms with Crippen molar-refractivity contribution in [2.45, 2.75) is 25.8 Å². The second-order valence-corrected chi connectivity index (χ2v) is 11.8. The highest BCUT2D eigenvalue weighted by Gasteiger charge is 2.37. The Morgan fingerprint density at radius 1 is 0.814 bits per heavy atom.